The Kier molecular flexibility index (Phi) is 5.48. The van der Waals surface area contributed by atoms with Crippen molar-refractivity contribution in [3.8, 4) is 11.5 Å². The maximum absolute atomic E-state index is 6.26. The summed E-state index contributed by atoms with van der Waals surface area (Å²) in [5, 5.41) is 7.13. The van der Waals surface area contributed by atoms with Gasteiger partial charge >= 0.3 is 0 Å². The Balaban J connectivity index is 1.53. The summed E-state index contributed by atoms with van der Waals surface area (Å²) in [6.45, 7) is 3.34. The molecule has 0 spiro atoms. The number of aliphatic imine (C=N–C) groups is 1. The molecule has 0 aliphatic carbocycles. The van der Waals surface area contributed by atoms with E-state index < -0.39 is 0 Å². The lowest BCUT2D eigenvalue weighted by Crippen LogP contribution is -2.38. The first-order valence-electron chi connectivity index (χ1n) is 7.89. The van der Waals surface area contributed by atoms with Gasteiger partial charge in [-0.3, -0.25) is 4.99 Å². The van der Waals surface area contributed by atoms with E-state index in [0.29, 0.717) is 36.3 Å². The zero-order valence-electron chi connectivity index (χ0n) is 13.6. The summed E-state index contributed by atoms with van der Waals surface area (Å²) in [5.74, 6) is 2.06. The molecule has 1 aliphatic heterocycles. The number of hydrogen-bond acceptors (Lipinski definition) is 3. The Bertz CT molecular complexity index is 701. The van der Waals surface area contributed by atoms with Crippen LogP contribution in [0.2, 0.25) is 5.02 Å². The number of rotatable bonds is 5. The van der Waals surface area contributed by atoms with Gasteiger partial charge in [-0.1, -0.05) is 11.6 Å². The van der Waals surface area contributed by atoms with Crippen LogP contribution in [0.4, 0.5) is 0 Å². The number of halogens is 1. The molecule has 0 atom stereocenters. The van der Waals surface area contributed by atoms with E-state index in [1.807, 2.05) is 36.7 Å². The number of benzene rings is 1. The topological polar surface area (TPSA) is 59.8 Å². The quantitative estimate of drug-likeness (QED) is 0.643. The summed E-state index contributed by atoms with van der Waals surface area (Å²) in [7, 11) is 1.75. The predicted molar refractivity (Wildman–Crippen MR) is 95.1 cm³/mol. The highest BCUT2D eigenvalue weighted by Gasteiger charge is 2.16. The number of nitrogens with one attached hydrogen (secondary N) is 2. The molecule has 1 aromatic carbocycles. The van der Waals surface area contributed by atoms with Crippen LogP contribution in [0.25, 0.3) is 0 Å². The zero-order valence-corrected chi connectivity index (χ0v) is 14.3. The van der Waals surface area contributed by atoms with Crippen LogP contribution >= 0.6 is 11.6 Å². The lowest BCUT2D eigenvalue weighted by atomic mass is 10.2. The molecule has 2 heterocycles. The summed E-state index contributed by atoms with van der Waals surface area (Å²) in [4.78, 5) is 4.23. The first-order valence-corrected chi connectivity index (χ1v) is 8.27. The van der Waals surface area contributed by atoms with Crippen molar-refractivity contribution < 1.29 is 9.47 Å². The van der Waals surface area contributed by atoms with E-state index in [0.717, 1.165) is 24.6 Å². The van der Waals surface area contributed by atoms with Gasteiger partial charge < -0.3 is 24.7 Å². The Hall–Kier alpha value is -2.34. The van der Waals surface area contributed by atoms with Crippen molar-refractivity contribution in [3.63, 3.8) is 0 Å². The third-order valence-corrected chi connectivity index (χ3v) is 3.95. The van der Waals surface area contributed by atoms with Crippen LogP contribution in [-0.4, -0.2) is 37.3 Å². The summed E-state index contributed by atoms with van der Waals surface area (Å²) in [6, 6.07) is 7.85. The van der Waals surface area contributed by atoms with Gasteiger partial charge in [-0.2, -0.15) is 0 Å². The van der Waals surface area contributed by atoms with E-state index in [-0.39, 0.29) is 0 Å². The number of aromatic nitrogens is 1. The number of hydrogen-bond donors (Lipinski definition) is 2. The Morgan fingerprint density at radius 3 is 2.79 bits per heavy atom. The van der Waals surface area contributed by atoms with Gasteiger partial charge in [-0.15, -0.1) is 0 Å². The molecule has 0 saturated carbocycles. The molecule has 0 radical (unpaired) electrons. The maximum atomic E-state index is 6.26. The largest absolute Gasteiger partial charge is 0.486 e. The highest BCUT2D eigenvalue weighted by molar-refractivity contribution is 6.32. The minimum atomic E-state index is 0.530. The molecule has 7 heteroatoms. The van der Waals surface area contributed by atoms with Crippen LogP contribution in [-0.2, 0) is 13.1 Å². The molecule has 128 valence electrons. The molecule has 1 aliphatic rings. The standard InChI is InChI=1S/C17H21ClN4O2/c1-19-17(20-4-7-22-5-2-3-6-22)21-12-13-10-14(18)16-15(11-13)23-8-9-24-16/h2-3,5-6,10-11H,4,7-9,12H2,1H3,(H2,19,20,21). The average Bonchev–Trinajstić information content (AvgIpc) is 3.11. The lowest BCUT2D eigenvalue weighted by molar-refractivity contribution is 0.171. The van der Waals surface area contributed by atoms with Gasteiger partial charge in [0, 0.05) is 39.1 Å². The van der Waals surface area contributed by atoms with Crippen molar-refractivity contribution in [3.05, 3.63) is 47.2 Å². The normalized spacial score (nSPS) is 13.7. The zero-order chi connectivity index (χ0) is 16.8. The van der Waals surface area contributed by atoms with E-state index in [1.165, 1.54) is 0 Å². The Morgan fingerprint density at radius 1 is 1.21 bits per heavy atom. The second kappa shape index (κ2) is 7.97. The number of nitrogens with zero attached hydrogens (tertiary/aromatic N) is 2. The van der Waals surface area contributed by atoms with Crippen molar-refractivity contribution in [2.75, 3.05) is 26.8 Å². The van der Waals surface area contributed by atoms with Gasteiger partial charge in [-0.25, -0.2) is 0 Å². The maximum Gasteiger partial charge on any atom is 0.191 e. The summed E-state index contributed by atoms with van der Waals surface area (Å²) >= 11 is 6.26. The molecule has 2 aromatic rings. The van der Waals surface area contributed by atoms with Gasteiger partial charge in [0.25, 0.3) is 0 Å². The molecule has 0 fully saturated rings. The minimum Gasteiger partial charge on any atom is -0.486 e. The second-order valence-electron chi connectivity index (χ2n) is 5.38. The molecule has 6 nitrogen and oxygen atoms in total. The van der Waals surface area contributed by atoms with Crippen LogP contribution < -0.4 is 20.1 Å². The van der Waals surface area contributed by atoms with E-state index >= 15 is 0 Å². The third-order valence-electron chi connectivity index (χ3n) is 3.67. The van der Waals surface area contributed by atoms with Crippen molar-refractivity contribution in [1.29, 1.82) is 0 Å². The van der Waals surface area contributed by atoms with Crippen molar-refractivity contribution in [1.82, 2.24) is 15.2 Å². The highest BCUT2D eigenvalue weighted by atomic mass is 35.5. The number of guanidine groups is 1. The summed E-state index contributed by atoms with van der Waals surface area (Å²) < 4.78 is 13.2. The monoisotopic (exact) mass is 348 g/mol. The molecule has 0 amide bonds. The van der Waals surface area contributed by atoms with E-state index in [9.17, 15) is 0 Å². The van der Waals surface area contributed by atoms with Crippen LogP contribution in [0, 0.1) is 0 Å². The van der Waals surface area contributed by atoms with Crippen molar-refractivity contribution in [2.45, 2.75) is 13.1 Å². The van der Waals surface area contributed by atoms with Crippen LogP contribution in [0.3, 0.4) is 0 Å². The molecule has 1 aromatic heterocycles. The van der Waals surface area contributed by atoms with Gasteiger partial charge in [-0.05, 0) is 29.8 Å². The summed E-state index contributed by atoms with van der Waals surface area (Å²) in [5.41, 5.74) is 1.01. The molecule has 2 N–H and O–H groups in total. The Morgan fingerprint density at radius 2 is 2.00 bits per heavy atom. The van der Waals surface area contributed by atoms with E-state index in [1.54, 1.807) is 7.05 Å². The van der Waals surface area contributed by atoms with Crippen molar-refractivity contribution in [2.24, 2.45) is 4.99 Å². The van der Waals surface area contributed by atoms with Gasteiger partial charge in [0.05, 0.1) is 5.02 Å². The molecular formula is C17H21ClN4O2. The second-order valence-corrected chi connectivity index (χ2v) is 5.78. The highest BCUT2D eigenvalue weighted by Crippen LogP contribution is 2.38. The first-order chi connectivity index (χ1) is 11.8. The molecule has 24 heavy (non-hydrogen) atoms. The fourth-order valence-electron chi connectivity index (χ4n) is 2.50. The van der Waals surface area contributed by atoms with Gasteiger partial charge in [0.1, 0.15) is 13.2 Å². The number of ether oxygens (including phenoxy) is 2. The van der Waals surface area contributed by atoms with Crippen LogP contribution in [0.5, 0.6) is 11.5 Å². The average molecular weight is 349 g/mol. The summed E-state index contributed by atoms with van der Waals surface area (Å²) in [6.07, 6.45) is 4.07. The van der Waals surface area contributed by atoms with Gasteiger partial charge in [0.15, 0.2) is 17.5 Å². The predicted octanol–water partition coefficient (Wildman–Crippen LogP) is 2.28. The van der Waals surface area contributed by atoms with Crippen LogP contribution in [0.15, 0.2) is 41.7 Å². The third kappa shape index (κ3) is 4.14. The smallest absolute Gasteiger partial charge is 0.191 e. The molecule has 0 bridgehead atoms. The van der Waals surface area contributed by atoms with Gasteiger partial charge in [0.2, 0.25) is 0 Å². The van der Waals surface area contributed by atoms with Crippen molar-refractivity contribution >= 4 is 17.6 Å². The number of fused-ring (bicyclic) bond motifs is 1. The molecule has 0 saturated heterocycles. The fourth-order valence-corrected chi connectivity index (χ4v) is 2.78. The van der Waals surface area contributed by atoms with Crippen LogP contribution in [0.1, 0.15) is 5.56 Å². The molecule has 0 unspecified atom stereocenters. The first kappa shape index (κ1) is 16.5. The fraction of sp³-hybridized carbons (Fsp3) is 0.353. The molecular weight excluding hydrogens is 328 g/mol. The molecule has 3 rings (SSSR count). The van der Waals surface area contributed by atoms with E-state index in [4.69, 9.17) is 21.1 Å². The lowest BCUT2D eigenvalue weighted by Gasteiger charge is -2.20. The minimum absolute atomic E-state index is 0.530. The Labute approximate surface area is 146 Å². The van der Waals surface area contributed by atoms with E-state index in [2.05, 4.69) is 20.2 Å². The SMILES string of the molecule is CN=C(NCCn1cccc1)NCc1cc(Cl)c2c(c1)OCCO2.